The molecule has 2 aromatic carbocycles. The van der Waals surface area contributed by atoms with Crippen molar-refractivity contribution in [1.82, 2.24) is 20.2 Å². The molecule has 2 amide bonds. The SMILES string of the molecule is N#Cc1ccc(NC(=O)Nc2cccc(CSc3ncnc4[nH]ncc34)c2)cc1. The molecule has 0 bridgehead atoms. The summed E-state index contributed by atoms with van der Waals surface area (Å²) in [5.74, 6) is 0.685. The number of hydrogen-bond acceptors (Lipinski definition) is 6. The Balaban J connectivity index is 1.38. The van der Waals surface area contributed by atoms with Gasteiger partial charge in [0.25, 0.3) is 0 Å². The van der Waals surface area contributed by atoms with Crippen LogP contribution in [0.2, 0.25) is 0 Å². The molecule has 4 aromatic rings. The van der Waals surface area contributed by atoms with Gasteiger partial charge in [-0.15, -0.1) is 11.8 Å². The molecule has 0 unspecified atom stereocenters. The second-order valence-electron chi connectivity index (χ2n) is 6.07. The minimum Gasteiger partial charge on any atom is -0.308 e. The van der Waals surface area contributed by atoms with E-state index in [4.69, 9.17) is 5.26 Å². The summed E-state index contributed by atoms with van der Waals surface area (Å²) in [6.45, 7) is 0. The number of nitrogens with one attached hydrogen (secondary N) is 3. The Hall–Kier alpha value is -3.90. The lowest BCUT2D eigenvalue weighted by atomic mass is 10.2. The van der Waals surface area contributed by atoms with E-state index in [-0.39, 0.29) is 6.03 Å². The fourth-order valence-corrected chi connectivity index (χ4v) is 3.58. The Labute approximate surface area is 170 Å². The number of fused-ring (bicyclic) bond motifs is 1. The van der Waals surface area contributed by atoms with Crippen molar-refractivity contribution in [3.63, 3.8) is 0 Å². The summed E-state index contributed by atoms with van der Waals surface area (Å²) < 4.78 is 0. The third kappa shape index (κ3) is 4.51. The average Bonchev–Trinajstić information content (AvgIpc) is 3.22. The van der Waals surface area contributed by atoms with Crippen LogP contribution in [-0.4, -0.2) is 26.2 Å². The number of carbonyl (C=O) groups is 1. The van der Waals surface area contributed by atoms with Crippen LogP contribution in [-0.2, 0) is 5.75 Å². The van der Waals surface area contributed by atoms with Crippen LogP contribution < -0.4 is 10.6 Å². The van der Waals surface area contributed by atoms with E-state index in [0.717, 1.165) is 16.0 Å². The van der Waals surface area contributed by atoms with Crippen molar-refractivity contribution >= 4 is 40.2 Å². The molecule has 0 saturated heterocycles. The highest BCUT2D eigenvalue weighted by molar-refractivity contribution is 7.98. The lowest BCUT2D eigenvalue weighted by Gasteiger charge is -2.09. The van der Waals surface area contributed by atoms with E-state index >= 15 is 0 Å². The molecule has 3 N–H and O–H groups in total. The van der Waals surface area contributed by atoms with Crippen LogP contribution in [0.4, 0.5) is 16.2 Å². The second-order valence-corrected chi connectivity index (χ2v) is 7.03. The van der Waals surface area contributed by atoms with E-state index in [9.17, 15) is 4.79 Å². The highest BCUT2D eigenvalue weighted by Crippen LogP contribution is 2.27. The van der Waals surface area contributed by atoms with E-state index in [1.807, 2.05) is 30.3 Å². The standard InChI is InChI=1S/C20H15N7OS/c21-9-13-4-6-15(7-5-13)25-20(28)26-16-3-1-2-14(8-16)11-29-19-17-10-24-27-18(17)22-12-23-19/h1-8,10,12H,11H2,(H2,25,26,28)(H,22,23,24,27). The number of hydrogen-bond donors (Lipinski definition) is 3. The van der Waals surface area contributed by atoms with Crippen molar-refractivity contribution in [3.05, 3.63) is 72.2 Å². The van der Waals surface area contributed by atoms with E-state index in [2.05, 4.69) is 30.8 Å². The largest absolute Gasteiger partial charge is 0.323 e. The molecule has 0 radical (unpaired) electrons. The van der Waals surface area contributed by atoms with Gasteiger partial charge in [0.1, 0.15) is 11.4 Å². The van der Waals surface area contributed by atoms with Crippen LogP contribution in [0.15, 0.2) is 66.1 Å². The third-order valence-electron chi connectivity index (χ3n) is 4.04. The second kappa shape index (κ2) is 8.41. The maximum atomic E-state index is 12.2. The van der Waals surface area contributed by atoms with Crippen LogP contribution in [0.1, 0.15) is 11.1 Å². The highest BCUT2D eigenvalue weighted by atomic mass is 32.2. The van der Waals surface area contributed by atoms with Gasteiger partial charge in [-0.3, -0.25) is 5.10 Å². The van der Waals surface area contributed by atoms with Crippen molar-refractivity contribution in [3.8, 4) is 6.07 Å². The number of aromatic nitrogens is 4. The third-order valence-corrected chi connectivity index (χ3v) is 5.12. The first-order valence-corrected chi connectivity index (χ1v) is 9.64. The summed E-state index contributed by atoms with van der Waals surface area (Å²) in [6, 6.07) is 16.0. The Morgan fingerprint density at radius 2 is 1.93 bits per heavy atom. The molecule has 8 nitrogen and oxygen atoms in total. The molecule has 0 aliphatic rings. The van der Waals surface area contributed by atoms with Crippen molar-refractivity contribution in [1.29, 1.82) is 5.26 Å². The molecular weight excluding hydrogens is 386 g/mol. The number of anilines is 2. The lowest BCUT2D eigenvalue weighted by Crippen LogP contribution is -2.19. The fraction of sp³-hybridized carbons (Fsp3) is 0.0500. The van der Waals surface area contributed by atoms with Crippen molar-refractivity contribution in [2.45, 2.75) is 10.8 Å². The number of thioether (sulfide) groups is 1. The van der Waals surface area contributed by atoms with Crippen molar-refractivity contribution < 1.29 is 4.79 Å². The first-order valence-electron chi connectivity index (χ1n) is 8.65. The van der Waals surface area contributed by atoms with Gasteiger partial charge in [0.15, 0.2) is 5.65 Å². The normalized spacial score (nSPS) is 10.4. The van der Waals surface area contributed by atoms with Gasteiger partial charge in [-0.25, -0.2) is 14.8 Å². The molecule has 4 rings (SSSR count). The van der Waals surface area contributed by atoms with Crippen molar-refractivity contribution in [2.24, 2.45) is 0 Å². The highest BCUT2D eigenvalue weighted by Gasteiger charge is 2.08. The number of urea groups is 1. The van der Waals surface area contributed by atoms with Gasteiger partial charge >= 0.3 is 6.03 Å². The fourth-order valence-electron chi connectivity index (χ4n) is 2.67. The van der Waals surface area contributed by atoms with E-state index in [1.54, 1.807) is 42.2 Å². The Morgan fingerprint density at radius 3 is 2.76 bits per heavy atom. The zero-order chi connectivity index (χ0) is 20.1. The van der Waals surface area contributed by atoms with Crippen LogP contribution in [0, 0.1) is 11.3 Å². The lowest BCUT2D eigenvalue weighted by molar-refractivity contribution is 0.262. The van der Waals surface area contributed by atoms with Gasteiger partial charge in [-0.05, 0) is 42.0 Å². The smallest absolute Gasteiger partial charge is 0.308 e. The molecule has 2 aromatic heterocycles. The monoisotopic (exact) mass is 401 g/mol. The van der Waals surface area contributed by atoms with Gasteiger partial charge < -0.3 is 10.6 Å². The Kier molecular flexibility index (Phi) is 5.36. The zero-order valence-electron chi connectivity index (χ0n) is 15.1. The van der Waals surface area contributed by atoms with Gasteiger partial charge in [-0.2, -0.15) is 10.4 Å². The number of rotatable bonds is 5. The van der Waals surface area contributed by atoms with Crippen LogP contribution in [0.5, 0.6) is 0 Å². The predicted molar refractivity (Wildman–Crippen MR) is 111 cm³/mol. The summed E-state index contributed by atoms with van der Waals surface area (Å²) in [7, 11) is 0. The molecule has 29 heavy (non-hydrogen) atoms. The molecule has 0 fully saturated rings. The minimum atomic E-state index is -0.351. The van der Waals surface area contributed by atoms with Crippen LogP contribution in [0.25, 0.3) is 11.0 Å². The first-order chi connectivity index (χ1) is 14.2. The minimum absolute atomic E-state index is 0.351. The summed E-state index contributed by atoms with van der Waals surface area (Å²) in [5, 5.41) is 22.9. The van der Waals surface area contributed by atoms with Gasteiger partial charge in [0.05, 0.1) is 23.2 Å². The number of carbonyl (C=O) groups excluding carboxylic acids is 1. The predicted octanol–water partition coefficient (Wildman–Crippen LogP) is 4.16. The number of nitriles is 1. The Morgan fingerprint density at radius 1 is 1.10 bits per heavy atom. The quantitative estimate of drug-likeness (QED) is 0.341. The molecule has 0 aliphatic carbocycles. The van der Waals surface area contributed by atoms with Crippen molar-refractivity contribution in [2.75, 3.05) is 10.6 Å². The maximum absolute atomic E-state index is 12.2. The van der Waals surface area contributed by atoms with Gasteiger partial charge in [0, 0.05) is 17.1 Å². The van der Waals surface area contributed by atoms with Gasteiger partial charge in [-0.1, -0.05) is 12.1 Å². The average molecular weight is 401 g/mol. The van der Waals surface area contributed by atoms with E-state index < -0.39 is 0 Å². The van der Waals surface area contributed by atoms with Crippen LogP contribution in [0.3, 0.4) is 0 Å². The summed E-state index contributed by atoms with van der Waals surface area (Å²) in [4.78, 5) is 20.7. The molecule has 0 atom stereocenters. The molecule has 142 valence electrons. The molecular formula is C20H15N7OS. The van der Waals surface area contributed by atoms with Crippen LogP contribution >= 0.6 is 11.8 Å². The van der Waals surface area contributed by atoms with E-state index in [0.29, 0.717) is 28.3 Å². The molecule has 0 aliphatic heterocycles. The maximum Gasteiger partial charge on any atom is 0.323 e. The molecule has 9 heteroatoms. The van der Waals surface area contributed by atoms with E-state index in [1.165, 1.54) is 6.33 Å². The summed E-state index contributed by atoms with van der Waals surface area (Å²) in [6.07, 6.45) is 3.22. The first kappa shape index (κ1) is 18.5. The molecule has 0 saturated carbocycles. The Bertz CT molecular complexity index is 1200. The number of aromatic amines is 1. The number of benzene rings is 2. The number of nitrogens with zero attached hydrogens (tertiary/aromatic N) is 4. The number of amides is 2. The topological polar surface area (TPSA) is 119 Å². The number of H-pyrrole nitrogens is 1. The molecule has 0 spiro atoms. The molecule has 2 heterocycles. The zero-order valence-corrected chi connectivity index (χ0v) is 15.9. The van der Waals surface area contributed by atoms with Gasteiger partial charge in [0.2, 0.25) is 0 Å². The summed E-state index contributed by atoms with van der Waals surface area (Å²) in [5.41, 5.74) is 3.59. The summed E-state index contributed by atoms with van der Waals surface area (Å²) >= 11 is 1.58.